The number of rotatable bonds is 3. The molecular weight excluding hydrogens is 300 g/mol. The first-order valence-corrected chi connectivity index (χ1v) is 8.34. The molecule has 22 heavy (non-hydrogen) atoms. The van der Waals surface area contributed by atoms with E-state index in [1.807, 2.05) is 12.1 Å². The van der Waals surface area contributed by atoms with Crippen LogP contribution in [-0.4, -0.2) is 37.7 Å². The van der Waals surface area contributed by atoms with Crippen LogP contribution in [0.2, 0.25) is 0 Å². The van der Waals surface area contributed by atoms with Crippen molar-refractivity contribution in [1.82, 2.24) is 19.5 Å². The normalized spacial score (nSPS) is 19.0. The van der Waals surface area contributed by atoms with Crippen molar-refractivity contribution >= 4 is 16.3 Å². The Bertz CT molecular complexity index is 756. The van der Waals surface area contributed by atoms with Crippen LogP contribution in [0.3, 0.4) is 0 Å². The van der Waals surface area contributed by atoms with Gasteiger partial charge >= 0.3 is 0 Å². The van der Waals surface area contributed by atoms with Gasteiger partial charge in [0.1, 0.15) is 18.1 Å². The number of aromatic nitrogens is 3. The van der Waals surface area contributed by atoms with E-state index in [0.29, 0.717) is 4.96 Å². The largest absolute Gasteiger partial charge is 0.492 e. The van der Waals surface area contributed by atoms with Crippen LogP contribution in [0.1, 0.15) is 36.4 Å². The van der Waals surface area contributed by atoms with Gasteiger partial charge in [-0.2, -0.15) is 9.61 Å². The minimum Gasteiger partial charge on any atom is -0.492 e. The molecule has 1 unspecified atom stereocenters. The predicted octanol–water partition coefficient (Wildman–Crippen LogP) is 2.91. The minimum atomic E-state index is -0.0731. The van der Waals surface area contributed by atoms with E-state index in [9.17, 15) is 5.11 Å². The van der Waals surface area contributed by atoms with Gasteiger partial charge in [0.15, 0.2) is 0 Å². The van der Waals surface area contributed by atoms with Crippen LogP contribution < -0.4 is 0 Å². The third-order valence-electron chi connectivity index (χ3n) is 4.38. The zero-order chi connectivity index (χ0) is 15.1. The summed E-state index contributed by atoms with van der Waals surface area (Å²) in [6.07, 6.45) is 5.47. The van der Waals surface area contributed by atoms with Crippen molar-refractivity contribution in [3.8, 4) is 5.88 Å². The fourth-order valence-electron chi connectivity index (χ4n) is 3.08. The molecular formula is C15H18N4O2S. The Labute approximate surface area is 132 Å². The summed E-state index contributed by atoms with van der Waals surface area (Å²) in [6.45, 7) is 4.29. The van der Waals surface area contributed by atoms with Crippen LogP contribution in [-0.2, 0) is 0 Å². The smallest absolute Gasteiger partial charge is 0.230 e. The van der Waals surface area contributed by atoms with Crippen molar-refractivity contribution < 1.29 is 9.52 Å². The summed E-state index contributed by atoms with van der Waals surface area (Å²) in [5.74, 6) is 1.77. The van der Waals surface area contributed by atoms with E-state index >= 15 is 0 Å². The van der Waals surface area contributed by atoms with Crippen molar-refractivity contribution in [3.63, 3.8) is 0 Å². The number of nitrogens with zero attached hydrogens (tertiary/aromatic N) is 4. The SMILES string of the molecule is CC1CCN(C(c2ccco2)c2sc3ncnn3c2O)CC1. The summed E-state index contributed by atoms with van der Waals surface area (Å²) in [5.41, 5.74) is 0. The lowest BCUT2D eigenvalue weighted by atomic mass is 9.97. The maximum Gasteiger partial charge on any atom is 0.230 e. The molecule has 7 heteroatoms. The van der Waals surface area contributed by atoms with Gasteiger partial charge < -0.3 is 9.52 Å². The first-order valence-electron chi connectivity index (χ1n) is 7.53. The first kappa shape index (κ1) is 13.8. The van der Waals surface area contributed by atoms with Crippen molar-refractivity contribution in [3.05, 3.63) is 35.4 Å². The molecule has 1 N–H and O–H groups in total. The Balaban J connectivity index is 1.77. The fraction of sp³-hybridized carbons (Fsp3) is 0.467. The van der Waals surface area contributed by atoms with Crippen molar-refractivity contribution in [2.24, 2.45) is 5.92 Å². The highest BCUT2D eigenvalue weighted by Crippen LogP contribution is 2.41. The molecule has 6 nitrogen and oxygen atoms in total. The molecule has 1 fully saturated rings. The van der Waals surface area contributed by atoms with Gasteiger partial charge in [-0.15, -0.1) is 0 Å². The molecule has 0 aliphatic carbocycles. The fourth-order valence-corrected chi connectivity index (χ4v) is 4.15. The van der Waals surface area contributed by atoms with E-state index in [1.165, 1.54) is 35.0 Å². The van der Waals surface area contributed by atoms with Crippen LogP contribution in [0.5, 0.6) is 5.88 Å². The molecule has 3 aromatic rings. The molecule has 0 spiro atoms. The Hall–Kier alpha value is -1.86. The van der Waals surface area contributed by atoms with E-state index in [4.69, 9.17) is 4.42 Å². The highest BCUT2D eigenvalue weighted by Gasteiger charge is 2.32. The van der Waals surface area contributed by atoms with E-state index in [0.717, 1.165) is 29.6 Å². The highest BCUT2D eigenvalue weighted by atomic mass is 32.1. The van der Waals surface area contributed by atoms with E-state index in [-0.39, 0.29) is 11.9 Å². The minimum absolute atomic E-state index is 0.0731. The van der Waals surface area contributed by atoms with Crippen LogP contribution in [0, 0.1) is 5.92 Å². The van der Waals surface area contributed by atoms with Crippen LogP contribution in [0.25, 0.3) is 4.96 Å². The summed E-state index contributed by atoms with van der Waals surface area (Å²) >= 11 is 1.47. The average molecular weight is 318 g/mol. The van der Waals surface area contributed by atoms with Crippen molar-refractivity contribution in [2.45, 2.75) is 25.8 Å². The quantitative estimate of drug-likeness (QED) is 0.804. The molecule has 116 valence electrons. The molecule has 1 aliphatic rings. The average Bonchev–Trinajstić information content (AvgIpc) is 3.23. The predicted molar refractivity (Wildman–Crippen MR) is 83.1 cm³/mol. The maximum absolute atomic E-state index is 10.5. The van der Waals surface area contributed by atoms with Crippen molar-refractivity contribution in [2.75, 3.05) is 13.1 Å². The summed E-state index contributed by atoms with van der Waals surface area (Å²) in [6, 6.07) is 3.79. The zero-order valence-electron chi connectivity index (χ0n) is 12.3. The molecule has 1 saturated heterocycles. The van der Waals surface area contributed by atoms with Gasteiger partial charge in [0, 0.05) is 0 Å². The molecule has 1 aliphatic heterocycles. The Kier molecular flexibility index (Phi) is 3.38. The summed E-state index contributed by atoms with van der Waals surface area (Å²) in [5, 5.41) is 14.6. The third kappa shape index (κ3) is 2.21. The van der Waals surface area contributed by atoms with Gasteiger partial charge in [-0.25, -0.2) is 4.98 Å². The second-order valence-corrected chi connectivity index (χ2v) is 6.89. The van der Waals surface area contributed by atoms with Crippen LogP contribution in [0.4, 0.5) is 0 Å². The number of thiazole rings is 1. The molecule has 4 heterocycles. The maximum atomic E-state index is 10.5. The number of likely N-dealkylation sites (tertiary alicyclic amines) is 1. The zero-order valence-corrected chi connectivity index (χ0v) is 13.2. The van der Waals surface area contributed by atoms with E-state index < -0.39 is 0 Å². The number of furan rings is 1. The molecule has 3 aromatic heterocycles. The van der Waals surface area contributed by atoms with Gasteiger partial charge in [-0.3, -0.25) is 4.90 Å². The number of piperidine rings is 1. The molecule has 1 atom stereocenters. The van der Waals surface area contributed by atoms with Crippen molar-refractivity contribution in [1.29, 1.82) is 0 Å². The summed E-state index contributed by atoms with van der Waals surface area (Å²) in [4.78, 5) is 8.11. The molecule has 4 rings (SSSR count). The Morgan fingerprint density at radius 2 is 2.23 bits per heavy atom. The van der Waals surface area contributed by atoms with Crippen LogP contribution >= 0.6 is 11.3 Å². The molecule has 0 saturated carbocycles. The molecule has 0 radical (unpaired) electrons. The number of hydrogen-bond donors (Lipinski definition) is 1. The number of aromatic hydroxyl groups is 1. The second-order valence-electron chi connectivity index (χ2n) is 5.88. The topological polar surface area (TPSA) is 66.8 Å². The van der Waals surface area contributed by atoms with E-state index in [1.54, 1.807) is 6.26 Å². The Morgan fingerprint density at radius 3 is 2.91 bits per heavy atom. The van der Waals surface area contributed by atoms with Gasteiger partial charge in [0.2, 0.25) is 10.8 Å². The first-order chi connectivity index (χ1) is 10.7. The van der Waals surface area contributed by atoms with Gasteiger partial charge in [-0.1, -0.05) is 18.3 Å². The monoisotopic (exact) mass is 318 g/mol. The molecule has 0 bridgehead atoms. The third-order valence-corrected chi connectivity index (χ3v) is 5.47. The number of fused-ring (bicyclic) bond motifs is 1. The van der Waals surface area contributed by atoms with E-state index in [2.05, 4.69) is 21.9 Å². The highest BCUT2D eigenvalue weighted by molar-refractivity contribution is 7.17. The standard InChI is InChI=1S/C15H18N4O2S/c1-10-4-6-18(7-5-10)12(11-3-2-8-21-11)13-14(20)19-15(22-13)16-9-17-19/h2-3,8-10,12,20H,4-7H2,1H3. The lowest BCUT2D eigenvalue weighted by Crippen LogP contribution is -2.36. The molecule has 0 amide bonds. The van der Waals surface area contributed by atoms with Gasteiger partial charge in [-0.05, 0) is 44.0 Å². The Morgan fingerprint density at radius 1 is 1.41 bits per heavy atom. The molecule has 0 aromatic carbocycles. The van der Waals surface area contributed by atoms with Gasteiger partial charge in [0.05, 0.1) is 11.1 Å². The van der Waals surface area contributed by atoms with Gasteiger partial charge in [0.25, 0.3) is 0 Å². The lowest BCUT2D eigenvalue weighted by molar-refractivity contribution is 0.144. The number of hydrogen-bond acceptors (Lipinski definition) is 6. The lowest BCUT2D eigenvalue weighted by Gasteiger charge is -2.35. The second kappa shape index (κ2) is 5.40. The van der Waals surface area contributed by atoms with Crippen LogP contribution in [0.15, 0.2) is 29.1 Å². The summed E-state index contributed by atoms with van der Waals surface area (Å²) in [7, 11) is 0. The summed E-state index contributed by atoms with van der Waals surface area (Å²) < 4.78 is 7.15.